The van der Waals surface area contributed by atoms with Gasteiger partial charge in [0.05, 0.1) is 12.1 Å². The smallest absolute Gasteiger partial charge is 0.252 e. The number of hydrogen-bond acceptors (Lipinski definition) is 4. The third kappa shape index (κ3) is 7.64. The summed E-state index contributed by atoms with van der Waals surface area (Å²) in [6, 6.07) is 35.3. The number of Topliss-reactive ketones (excluding diaryl/α,β-unsaturated/α-hetero) is 1. The molecule has 194 valence electrons. The second-order valence-corrected chi connectivity index (χ2v) is 9.54. The molecule has 1 atom stereocenters. The summed E-state index contributed by atoms with van der Waals surface area (Å²) in [4.78, 5) is 27.9. The third-order valence-corrected chi connectivity index (χ3v) is 6.70. The fourth-order valence-electron chi connectivity index (χ4n) is 4.42. The number of carbonyl (C=O) groups excluding carboxylic acids is 2. The van der Waals surface area contributed by atoms with Crippen LogP contribution in [0, 0.1) is 0 Å². The van der Waals surface area contributed by atoms with E-state index in [2.05, 4.69) is 48.2 Å². The fraction of sp³-hybridized carbons (Fsp3) is 0.212. The van der Waals surface area contributed by atoms with Gasteiger partial charge in [-0.05, 0) is 54.7 Å². The minimum atomic E-state index is -0.625. The highest BCUT2D eigenvalue weighted by Crippen LogP contribution is 2.23. The Labute approximate surface area is 224 Å². The Kier molecular flexibility index (Phi) is 9.43. The summed E-state index contributed by atoms with van der Waals surface area (Å²) in [5.74, 6) is -0.319. The monoisotopic (exact) mass is 506 g/mol. The molecule has 0 fully saturated rings. The maximum absolute atomic E-state index is 13.5. The Bertz CT molecular complexity index is 1320. The lowest BCUT2D eigenvalue weighted by Gasteiger charge is -2.29. The standard InChI is InChI=1S/C33H34N2O3/c1-25(17-18-26-11-5-2-6-12-26)35(22-27-13-7-3-8-14-27)23-31(36)29-19-20-32(30(21-29)33(34)37)38-24-28-15-9-4-10-16-28/h2-16,19-21,25H,17-18,22-24H2,1H3,(H2,34,37)/t25-/m1/s1. The van der Waals surface area contributed by atoms with E-state index in [-0.39, 0.29) is 23.9 Å². The molecular formula is C33H34N2O3. The number of nitrogens with two attached hydrogens (primary N) is 1. The fourth-order valence-corrected chi connectivity index (χ4v) is 4.42. The quantitative estimate of drug-likeness (QED) is 0.223. The molecule has 0 saturated carbocycles. The number of ketones is 1. The number of rotatable bonds is 13. The van der Waals surface area contributed by atoms with Crippen LogP contribution in [0.25, 0.3) is 0 Å². The van der Waals surface area contributed by atoms with Crippen LogP contribution >= 0.6 is 0 Å². The van der Waals surface area contributed by atoms with Gasteiger partial charge in [-0.1, -0.05) is 91.0 Å². The normalized spacial score (nSPS) is 11.7. The van der Waals surface area contributed by atoms with Crippen molar-refractivity contribution in [3.8, 4) is 5.75 Å². The Hall–Kier alpha value is -4.22. The molecule has 0 aliphatic rings. The lowest BCUT2D eigenvalue weighted by molar-refractivity contribution is 0.0884. The number of primary amides is 1. The largest absolute Gasteiger partial charge is 0.488 e. The molecule has 0 spiro atoms. The van der Waals surface area contributed by atoms with Crippen molar-refractivity contribution in [3.05, 3.63) is 137 Å². The number of carbonyl (C=O) groups is 2. The summed E-state index contributed by atoms with van der Waals surface area (Å²) in [5.41, 5.74) is 9.71. The summed E-state index contributed by atoms with van der Waals surface area (Å²) in [6.45, 7) is 3.35. The van der Waals surface area contributed by atoms with Gasteiger partial charge in [-0.15, -0.1) is 0 Å². The first-order valence-electron chi connectivity index (χ1n) is 13.0. The number of amides is 1. The molecule has 0 aliphatic carbocycles. The molecule has 0 heterocycles. The summed E-state index contributed by atoms with van der Waals surface area (Å²) in [7, 11) is 0. The third-order valence-electron chi connectivity index (χ3n) is 6.70. The van der Waals surface area contributed by atoms with Crippen LogP contribution in [0.2, 0.25) is 0 Å². The zero-order valence-corrected chi connectivity index (χ0v) is 21.8. The zero-order valence-electron chi connectivity index (χ0n) is 21.8. The van der Waals surface area contributed by atoms with E-state index in [1.54, 1.807) is 18.2 Å². The molecule has 0 saturated heterocycles. The van der Waals surface area contributed by atoms with Gasteiger partial charge in [0.1, 0.15) is 12.4 Å². The van der Waals surface area contributed by atoms with Gasteiger partial charge < -0.3 is 10.5 Å². The number of hydrogen-bond donors (Lipinski definition) is 1. The van der Waals surface area contributed by atoms with E-state index in [9.17, 15) is 9.59 Å². The molecule has 4 aromatic carbocycles. The van der Waals surface area contributed by atoms with Gasteiger partial charge in [0.2, 0.25) is 0 Å². The SMILES string of the molecule is C[C@H](CCc1ccccc1)N(CC(=O)c1ccc(OCc2ccccc2)c(C(N)=O)c1)Cc1ccccc1. The van der Waals surface area contributed by atoms with E-state index >= 15 is 0 Å². The van der Waals surface area contributed by atoms with Crippen molar-refractivity contribution >= 4 is 11.7 Å². The van der Waals surface area contributed by atoms with Crippen molar-refractivity contribution < 1.29 is 14.3 Å². The van der Waals surface area contributed by atoms with Crippen LogP contribution in [0.5, 0.6) is 5.75 Å². The number of nitrogens with zero attached hydrogens (tertiary/aromatic N) is 1. The predicted molar refractivity (Wildman–Crippen MR) is 151 cm³/mol. The van der Waals surface area contributed by atoms with Crippen LogP contribution in [-0.2, 0) is 19.6 Å². The average Bonchev–Trinajstić information content (AvgIpc) is 2.96. The van der Waals surface area contributed by atoms with Crippen LogP contribution in [0.4, 0.5) is 0 Å². The van der Waals surface area contributed by atoms with Crippen molar-refractivity contribution in [2.24, 2.45) is 5.73 Å². The molecule has 2 N–H and O–H groups in total. The van der Waals surface area contributed by atoms with Crippen LogP contribution in [0.3, 0.4) is 0 Å². The number of aryl methyl sites for hydroxylation is 1. The van der Waals surface area contributed by atoms with Gasteiger partial charge >= 0.3 is 0 Å². The molecule has 0 unspecified atom stereocenters. The topological polar surface area (TPSA) is 72.6 Å². The minimum Gasteiger partial charge on any atom is -0.488 e. The van der Waals surface area contributed by atoms with Gasteiger partial charge in [0.25, 0.3) is 5.91 Å². The molecule has 0 aromatic heterocycles. The number of ether oxygens (including phenoxy) is 1. The maximum atomic E-state index is 13.5. The average molecular weight is 507 g/mol. The summed E-state index contributed by atoms with van der Waals surface area (Å²) >= 11 is 0. The molecule has 5 heteroatoms. The van der Waals surface area contributed by atoms with E-state index in [4.69, 9.17) is 10.5 Å². The van der Waals surface area contributed by atoms with Gasteiger partial charge in [0.15, 0.2) is 5.78 Å². The Morgan fingerprint density at radius 1 is 0.789 bits per heavy atom. The van der Waals surface area contributed by atoms with Crippen molar-refractivity contribution in [1.29, 1.82) is 0 Å². The summed E-state index contributed by atoms with van der Waals surface area (Å²) in [6.07, 6.45) is 1.85. The van der Waals surface area contributed by atoms with E-state index in [0.717, 1.165) is 24.0 Å². The highest BCUT2D eigenvalue weighted by Gasteiger charge is 2.21. The second kappa shape index (κ2) is 13.4. The highest BCUT2D eigenvalue weighted by molar-refractivity contribution is 6.02. The van der Waals surface area contributed by atoms with Crippen molar-refractivity contribution in [2.75, 3.05) is 6.54 Å². The highest BCUT2D eigenvalue weighted by atomic mass is 16.5. The minimum absolute atomic E-state index is 0.0652. The second-order valence-electron chi connectivity index (χ2n) is 9.54. The summed E-state index contributed by atoms with van der Waals surface area (Å²) < 4.78 is 5.87. The van der Waals surface area contributed by atoms with Gasteiger partial charge in [0, 0.05) is 18.2 Å². The molecule has 4 aromatic rings. The lowest BCUT2D eigenvalue weighted by atomic mass is 10.0. The van der Waals surface area contributed by atoms with Crippen LogP contribution in [0.1, 0.15) is 50.8 Å². The Morgan fingerprint density at radius 3 is 1.97 bits per heavy atom. The van der Waals surface area contributed by atoms with Crippen LogP contribution < -0.4 is 10.5 Å². The zero-order chi connectivity index (χ0) is 26.7. The van der Waals surface area contributed by atoms with E-state index in [0.29, 0.717) is 24.5 Å². The van der Waals surface area contributed by atoms with E-state index < -0.39 is 5.91 Å². The molecule has 5 nitrogen and oxygen atoms in total. The molecular weight excluding hydrogens is 472 g/mol. The molecule has 0 radical (unpaired) electrons. The molecule has 0 aliphatic heterocycles. The lowest BCUT2D eigenvalue weighted by Crippen LogP contribution is -2.37. The first-order valence-corrected chi connectivity index (χ1v) is 13.0. The molecule has 38 heavy (non-hydrogen) atoms. The van der Waals surface area contributed by atoms with Crippen molar-refractivity contribution in [1.82, 2.24) is 4.90 Å². The first kappa shape index (κ1) is 26.8. The van der Waals surface area contributed by atoms with E-state index in [1.807, 2.05) is 54.6 Å². The van der Waals surface area contributed by atoms with Crippen molar-refractivity contribution in [2.45, 2.75) is 39.0 Å². The van der Waals surface area contributed by atoms with Gasteiger partial charge in [-0.2, -0.15) is 0 Å². The number of benzene rings is 4. The summed E-state index contributed by atoms with van der Waals surface area (Å²) in [5, 5.41) is 0. The Balaban J connectivity index is 1.48. The predicted octanol–water partition coefficient (Wildman–Crippen LogP) is 6.07. The molecule has 1 amide bonds. The van der Waals surface area contributed by atoms with Gasteiger partial charge in [-0.3, -0.25) is 14.5 Å². The molecule has 4 rings (SSSR count). The maximum Gasteiger partial charge on any atom is 0.252 e. The van der Waals surface area contributed by atoms with Crippen molar-refractivity contribution in [3.63, 3.8) is 0 Å². The van der Waals surface area contributed by atoms with Crippen LogP contribution in [0.15, 0.2) is 109 Å². The molecule has 0 bridgehead atoms. The Morgan fingerprint density at radius 2 is 1.37 bits per heavy atom. The van der Waals surface area contributed by atoms with Gasteiger partial charge in [-0.25, -0.2) is 0 Å². The van der Waals surface area contributed by atoms with Crippen LogP contribution in [-0.4, -0.2) is 29.2 Å². The first-order chi connectivity index (χ1) is 18.5. The van der Waals surface area contributed by atoms with E-state index in [1.165, 1.54) is 5.56 Å².